The Labute approximate surface area is 85.4 Å². The smallest absolute Gasteiger partial charge is 0.349 e. The van der Waals surface area contributed by atoms with Gasteiger partial charge in [-0.15, -0.1) is 0 Å². The maximum Gasteiger partial charge on any atom is 0.349 e. The van der Waals surface area contributed by atoms with Gasteiger partial charge in [-0.25, -0.2) is 9.18 Å². The van der Waals surface area contributed by atoms with Crippen LogP contribution in [0.5, 0.6) is 0 Å². The molecule has 1 aromatic heterocycles. The van der Waals surface area contributed by atoms with Crippen molar-refractivity contribution in [1.82, 2.24) is 9.55 Å². The molecule has 5 nitrogen and oxygen atoms in total. The molecule has 3 atom stereocenters. The standard InChI is InChI=1S/C9H12FN3O2/c10-8-5(4-14)3-6(8)13-2-1-7(11)12-9(13)15/h1-2,5-6,8,14H,3-4H2,(H2,11,12,15)/t5-,6-,8?/m1/s1. The minimum atomic E-state index is -1.18. The first-order chi connectivity index (χ1) is 7.13. The van der Waals surface area contributed by atoms with Crippen LogP contribution in [0.4, 0.5) is 10.2 Å². The Hall–Kier alpha value is -1.43. The Balaban J connectivity index is 2.22. The van der Waals surface area contributed by atoms with Gasteiger partial charge in [0.1, 0.15) is 12.0 Å². The second-order valence-electron chi connectivity index (χ2n) is 3.73. The number of rotatable bonds is 2. The molecule has 0 bridgehead atoms. The Morgan fingerprint density at radius 1 is 1.73 bits per heavy atom. The third kappa shape index (κ3) is 1.61. The molecule has 2 rings (SSSR count). The Bertz CT molecular complexity index is 420. The number of halogens is 1. The first-order valence-corrected chi connectivity index (χ1v) is 4.73. The lowest BCUT2D eigenvalue weighted by molar-refractivity contribution is -0.000291. The normalized spacial score (nSPS) is 29.9. The molecule has 0 radical (unpaired) electrons. The fraction of sp³-hybridized carbons (Fsp3) is 0.556. The quantitative estimate of drug-likeness (QED) is 0.707. The molecule has 0 spiro atoms. The van der Waals surface area contributed by atoms with Gasteiger partial charge in [0.25, 0.3) is 0 Å². The summed E-state index contributed by atoms with van der Waals surface area (Å²) < 4.78 is 14.7. The summed E-state index contributed by atoms with van der Waals surface area (Å²) in [6.07, 6.45) is 0.719. The van der Waals surface area contributed by atoms with Gasteiger partial charge in [0.15, 0.2) is 0 Å². The van der Waals surface area contributed by atoms with Crippen LogP contribution in [0.1, 0.15) is 12.5 Å². The van der Waals surface area contributed by atoms with Crippen LogP contribution in [0.15, 0.2) is 17.1 Å². The van der Waals surface area contributed by atoms with Gasteiger partial charge in [-0.3, -0.25) is 4.57 Å². The maximum atomic E-state index is 13.4. The van der Waals surface area contributed by atoms with E-state index in [2.05, 4.69) is 4.98 Å². The second kappa shape index (κ2) is 3.62. The topological polar surface area (TPSA) is 81.1 Å². The van der Waals surface area contributed by atoms with E-state index in [1.54, 1.807) is 0 Å². The van der Waals surface area contributed by atoms with Crippen LogP contribution in [0.3, 0.4) is 0 Å². The van der Waals surface area contributed by atoms with Crippen LogP contribution in [0.25, 0.3) is 0 Å². The molecule has 1 fully saturated rings. The predicted octanol–water partition coefficient (Wildman–Crippen LogP) is -0.283. The highest BCUT2D eigenvalue weighted by Gasteiger charge is 2.42. The summed E-state index contributed by atoms with van der Waals surface area (Å²) in [5.41, 5.74) is 4.77. The first kappa shape index (κ1) is 10.1. The van der Waals surface area contributed by atoms with E-state index in [9.17, 15) is 9.18 Å². The highest BCUT2D eigenvalue weighted by molar-refractivity contribution is 5.23. The number of nitrogen functional groups attached to an aromatic ring is 1. The zero-order valence-corrected chi connectivity index (χ0v) is 8.01. The van der Waals surface area contributed by atoms with E-state index in [1.807, 2.05) is 0 Å². The molecule has 0 amide bonds. The van der Waals surface area contributed by atoms with Crippen LogP contribution in [0.2, 0.25) is 0 Å². The molecule has 1 saturated carbocycles. The molecule has 0 saturated heterocycles. The number of nitrogens with two attached hydrogens (primary N) is 1. The summed E-state index contributed by atoms with van der Waals surface area (Å²) in [6.45, 7) is -0.186. The molecule has 6 heteroatoms. The SMILES string of the molecule is Nc1ccn([C@@H]2C[C@H](CO)C2F)c(=O)n1. The molecule has 0 aliphatic heterocycles. The number of hydrogen-bond donors (Lipinski definition) is 2. The van der Waals surface area contributed by atoms with Crippen molar-refractivity contribution in [3.8, 4) is 0 Å². The van der Waals surface area contributed by atoms with Crippen LogP contribution < -0.4 is 11.4 Å². The third-order valence-corrected chi connectivity index (χ3v) is 2.81. The van der Waals surface area contributed by atoms with E-state index in [-0.39, 0.29) is 18.3 Å². The van der Waals surface area contributed by atoms with Crippen LogP contribution in [-0.2, 0) is 0 Å². The minimum Gasteiger partial charge on any atom is -0.396 e. The van der Waals surface area contributed by atoms with E-state index in [0.29, 0.717) is 6.42 Å². The molecule has 3 N–H and O–H groups in total. The monoisotopic (exact) mass is 213 g/mol. The van der Waals surface area contributed by atoms with Gasteiger partial charge >= 0.3 is 5.69 Å². The lowest BCUT2D eigenvalue weighted by Crippen LogP contribution is -2.46. The zero-order chi connectivity index (χ0) is 11.0. The van der Waals surface area contributed by atoms with Gasteiger partial charge < -0.3 is 10.8 Å². The van der Waals surface area contributed by atoms with Crippen LogP contribution in [-0.4, -0.2) is 27.4 Å². The number of anilines is 1. The van der Waals surface area contributed by atoms with Crippen molar-refractivity contribution in [3.63, 3.8) is 0 Å². The fourth-order valence-electron chi connectivity index (χ4n) is 1.81. The summed E-state index contributed by atoms with van der Waals surface area (Å²) in [6, 6.07) is 0.947. The molecular formula is C9H12FN3O2. The summed E-state index contributed by atoms with van der Waals surface area (Å²) in [4.78, 5) is 14.9. The van der Waals surface area contributed by atoms with Crippen molar-refractivity contribution >= 4 is 5.82 Å². The molecule has 1 aliphatic carbocycles. The highest BCUT2D eigenvalue weighted by Crippen LogP contribution is 2.39. The average molecular weight is 213 g/mol. The number of aliphatic hydroxyl groups excluding tert-OH is 1. The maximum absolute atomic E-state index is 13.4. The predicted molar refractivity (Wildman–Crippen MR) is 52.0 cm³/mol. The van der Waals surface area contributed by atoms with E-state index in [4.69, 9.17) is 10.8 Å². The van der Waals surface area contributed by atoms with E-state index in [1.165, 1.54) is 16.8 Å². The molecule has 1 heterocycles. The largest absolute Gasteiger partial charge is 0.396 e. The van der Waals surface area contributed by atoms with Crippen LogP contribution >= 0.6 is 0 Å². The fourth-order valence-corrected chi connectivity index (χ4v) is 1.81. The van der Waals surface area contributed by atoms with Gasteiger partial charge in [0.05, 0.1) is 6.04 Å². The lowest BCUT2D eigenvalue weighted by Gasteiger charge is -2.39. The van der Waals surface area contributed by atoms with Gasteiger partial charge in [-0.1, -0.05) is 0 Å². The summed E-state index contributed by atoms with van der Waals surface area (Å²) >= 11 is 0. The molecule has 82 valence electrons. The van der Waals surface area contributed by atoms with Gasteiger partial charge in [-0.2, -0.15) is 4.98 Å². The summed E-state index contributed by atoms with van der Waals surface area (Å²) in [5.74, 6) is -0.232. The molecule has 1 aromatic rings. The Morgan fingerprint density at radius 2 is 2.47 bits per heavy atom. The number of aliphatic hydroxyl groups is 1. The first-order valence-electron chi connectivity index (χ1n) is 4.73. The Morgan fingerprint density at radius 3 is 3.00 bits per heavy atom. The van der Waals surface area contributed by atoms with Crippen molar-refractivity contribution in [2.24, 2.45) is 5.92 Å². The average Bonchev–Trinajstić information content (AvgIpc) is 2.20. The second-order valence-corrected chi connectivity index (χ2v) is 3.73. The lowest BCUT2D eigenvalue weighted by atomic mass is 9.78. The van der Waals surface area contributed by atoms with E-state index in [0.717, 1.165) is 0 Å². The molecule has 15 heavy (non-hydrogen) atoms. The van der Waals surface area contributed by atoms with E-state index >= 15 is 0 Å². The van der Waals surface area contributed by atoms with Crippen molar-refractivity contribution in [3.05, 3.63) is 22.7 Å². The van der Waals surface area contributed by atoms with Crippen molar-refractivity contribution in [2.75, 3.05) is 12.3 Å². The zero-order valence-electron chi connectivity index (χ0n) is 8.01. The molecule has 0 aromatic carbocycles. The third-order valence-electron chi connectivity index (χ3n) is 2.81. The van der Waals surface area contributed by atoms with Gasteiger partial charge in [0.2, 0.25) is 0 Å². The summed E-state index contributed by atoms with van der Waals surface area (Å²) in [5, 5.41) is 8.77. The highest BCUT2D eigenvalue weighted by atomic mass is 19.1. The van der Waals surface area contributed by atoms with E-state index < -0.39 is 17.9 Å². The number of alkyl halides is 1. The number of aromatic nitrogens is 2. The van der Waals surface area contributed by atoms with Crippen LogP contribution in [0, 0.1) is 5.92 Å². The molecular weight excluding hydrogens is 201 g/mol. The number of hydrogen-bond acceptors (Lipinski definition) is 4. The Kier molecular flexibility index (Phi) is 2.44. The van der Waals surface area contributed by atoms with Gasteiger partial charge in [-0.05, 0) is 12.5 Å². The van der Waals surface area contributed by atoms with Crippen molar-refractivity contribution < 1.29 is 9.50 Å². The molecule has 1 unspecified atom stereocenters. The molecule has 1 aliphatic rings. The van der Waals surface area contributed by atoms with Crippen molar-refractivity contribution in [1.29, 1.82) is 0 Å². The number of nitrogens with zero attached hydrogens (tertiary/aromatic N) is 2. The van der Waals surface area contributed by atoms with Crippen molar-refractivity contribution in [2.45, 2.75) is 18.6 Å². The van der Waals surface area contributed by atoms with Gasteiger partial charge in [0, 0.05) is 18.7 Å². The summed E-state index contributed by atoms with van der Waals surface area (Å²) in [7, 11) is 0. The minimum absolute atomic E-state index is 0.129.